The second-order valence-electron chi connectivity index (χ2n) is 10.1. The summed E-state index contributed by atoms with van der Waals surface area (Å²) in [6.07, 6.45) is 7.69. The van der Waals surface area contributed by atoms with Crippen LogP contribution in [0.4, 0.5) is 0 Å². The van der Waals surface area contributed by atoms with Crippen LogP contribution in [0.15, 0.2) is 29.2 Å². The van der Waals surface area contributed by atoms with Gasteiger partial charge in [-0.05, 0) is 81.3 Å². The third-order valence-corrected chi connectivity index (χ3v) is 8.99. The van der Waals surface area contributed by atoms with Crippen LogP contribution < -0.4 is 0 Å². The van der Waals surface area contributed by atoms with E-state index in [9.17, 15) is 13.2 Å². The number of hydrogen-bond acceptors (Lipinski definition) is 4. The van der Waals surface area contributed by atoms with E-state index in [0.717, 1.165) is 17.4 Å². The molecule has 152 valence electrons. The van der Waals surface area contributed by atoms with Crippen LogP contribution in [-0.2, 0) is 21.2 Å². The summed E-state index contributed by atoms with van der Waals surface area (Å²) in [5.74, 6) is 3.15. The van der Waals surface area contributed by atoms with E-state index in [-0.39, 0.29) is 5.91 Å². The summed E-state index contributed by atoms with van der Waals surface area (Å²) >= 11 is 0. The first-order valence-electron chi connectivity index (χ1n) is 10.6. The smallest absolute Gasteiger partial charge is 0.258 e. The predicted octanol–water partition coefficient (Wildman–Crippen LogP) is 3.25. The van der Waals surface area contributed by atoms with E-state index in [2.05, 4.69) is 5.01 Å². The van der Waals surface area contributed by atoms with Crippen LogP contribution in [0.1, 0.15) is 51.5 Å². The third-order valence-electron chi connectivity index (χ3n) is 7.79. The fourth-order valence-electron chi connectivity index (χ4n) is 6.75. The van der Waals surface area contributed by atoms with Gasteiger partial charge in [-0.25, -0.2) is 8.42 Å². The summed E-state index contributed by atoms with van der Waals surface area (Å²) < 4.78 is 24.5. The Labute approximate surface area is 168 Å². The lowest BCUT2D eigenvalue weighted by atomic mass is 9.53. The van der Waals surface area contributed by atoms with E-state index in [0.29, 0.717) is 29.3 Å². The van der Waals surface area contributed by atoms with Crippen LogP contribution in [0, 0.1) is 23.7 Å². The van der Waals surface area contributed by atoms with Crippen molar-refractivity contribution in [1.29, 1.82) is 0 Å². The van der Waals surface area contributed by atoms with Crippen molar-refractivity contribution in [2.45, 2.75) is 69.0 Å². The number of nitrogens with zero attached hydrogens (tertiary/aromatic N) is 2. The van der Waals surface area contributed by atoms with Gasteiger partial charge < -0.3 is 0 Å². The van der Waals surface area contributed by atoms with Crippen molar-refractivity contribution in [1.82, 2.24) is 10.0 Å². The number of carbonyl (C=O) groups is 1. The van der Waals surface area contributed by atoms with Gasteiger partial charge >= 0.3 is 0 Å². The zero-order valence-electron chi connectivity index (χ0n) is 17.0. The van der Waals surface area contributed by atoms with Crippen LogP contribution in [0.25, 0.3) is 0 Å². The van der Waals surface area contributed by atoms with Gasteiger partial charge in [-0.2, -0.15) is 5.01 Å². The number of hydrazine groups is 1. The molecular weight excluding hydrogens is 372 g/mol. The van der Waals surface area contributed by atoms with Gasteiger partial charge in [0.15, 0.2) is 9.84 Å². The molecule has 0 aromatic heterocycles. The van der Waals surface area contributed by atoms with Gasteiger partial charge in [-0.15, -0.1) is 0 Å². The lowest BCUT2D eigenvalue weighted by Crippen LogP contribution is -2.79. The Balaban J connectivity index is 1.46. The lowest BCUT2D eigenvalue weighted by molar-refractivity contribution is -0.251. The van der Waals surface area contributed by atoms with Crippen LogP contribution in [0.2, 0.25) is 0 Å². The first kappa shape index (κ1) is 18.6. The summed E-state index contributed by atoms with van der Waals surface area (Å²) in [4.78, 5) is 13.5. The van der Waals surface area contributed by atoms with Crippen LogP contribution in [-0.4, -0.2) is 42.2 Å². The minimum absolute atomic E-state index is 0.196. The zero-order chi connectivity index (χ0) is 19.8. The molecule has 4 bridgehead atoms. The summed E-state index contributed by atoms with van der Waals surface area (Å²) in [7, 11) is -3.30. The maximum atomic E-state index is 13.2. The molecular formula is C22H30N2O3S. The highest BCUT2D eigenvalue weighted by molar-refractivity contribution is 7.90. The number of sulfone groups is 1. The molecule has 1 heterocycles. The molecule has 6 rings (SSSR count). The van der Waals surface area contributed by atoms with Crippen LogP contribution in [0.5, 0.6) is 0 Å². The molecule has 5 nitrogen and oxygen atoms in total. The number of benzene rings is 1. The highest BCUT2D eigenvalue weighted by Gasteiger charge is 2.60. The minimum atomic E-state index is -3.30. The fourth-order valence-corrected chi connectivity index (χ4v) is 7.68. The van der Waals surface area contributed by atoms with Gasteiger partial charge in [0.25, 0.3) is 5.91 Å². The fraction of sp³-hybridized carbons (Fsp3) is 0.682. The van der Waals surface area contributed by atoms with E-state index in [1.807, 2.05) is 31.0 Å². The van der Waals surface area contributed by atoms with Crippen LogP contribution >= 0.6 is 0 Å². The molecule has 0 spiro atoms. The van der Waals surface area contributed by atoms with E-state index < -0.39 is 15.4 Å². The summed E-state index contributed by atoms with van der Waals surface area (Å²) in [6, 6.07) is 7.50. The monoisotopic (exact) mass is 402 g/mol. The molecule has 1 amide bonds. The maximum Gasteiger partial charge on any atom is 0.258 e. The van der Waals surface area contributed by atoms with Gasteiger partial charge in [0.2, 0.25) is 0 Å². The lowest BCUT2D eigenvalue weighted by Gasteiger charge is -2.65. The van der Waals surface area contributed by atoms with Crippen molar-refractivity contribution in [2.24, 2.45) is 23.7 Å². The second-order valence-corrected chi connectivity index (χ2v) is 12.1. The molecule has 1 aromatic carbocycles. The Bertz CT molecular complexity index is 895. The van der Waals surface area contributed by atoms with Crippen molar-refractivity contribution >= 4 is 15.7 Å². The van der Waals surface area contributed by atoms with E-state index in [1.54, 1.807) is 12.1 Å². The van der Waals surface area contributed by atoms with Crippen molar-refractivity contribution in [3.8, 4) is 0 Å². The van der Waals surface area contributed by atoms with Crippen molar-refractivity contribution in [3.63, 3.8) is 0 Å². The Morgan fingerprint density at radius 3 is 2.14 bits per heavy atom. The second kappa shape index (κ2) is 6.05. The van der Waals surface area contributed by atoms with Crippen molar-refractivity contribution < 1.29 is 13.2 Å². The maximum absolute atomic E-state index is 13.2. The Morgan fingerprint density at radius 2 is 1.57 bits per heavy atom. The van der Waals surface area contributed by atoms with Gasteiger partial charge in [0, 0.05) is 12.8 Å². The normalized spacial score (nSPS) is 36.6. The molecule has 0 radical (unpaired) electrons. The van der Waals surface area contributed by atoms with Gasteiger partial charge in [0.05, 0.1) is 10.9 Å². The number of carbonyl (C=O) groups excluding carboxylic acids is 1. The highest BCUT2D eigenvalue weighted by atomic mass is 32.2. The Kier molecular flexibility index (Phi) is 4.02. The average molecular weight is 403 g/mol. The molecule has 4 saturated carbocycles. The molecule has 6 heteroatoms. The molecule has 0 unspecified atom stereocenters. The summed E-state index contributed by atoms with van der Waals surface area (Å²) in [6.45, 7) is 4.39. The summed E-state index contributed by atoms with van der Waals surface area (Å²) in [5, 5.41) is 4.18. The zero-order valence-corrected chi connectivity index (χ0v) is 17.8. The Morgan fingerprint density at radius 1 is 1.00 bits per heavy atom. The quantitative estimate of drug-likeness (QED) is 0.776. The SMILES string of the molecule is CC1(C)C(=O)N(C2C3CC4CC(C3)CC2C4)N1Cc1ccccc1S(C)(=O)=O. The molecule has 0 atom stereocenters. The minimum Gasteiger partial charge on any atom is -0.271 e. The first-order chi connectivity index (χ1) is 13.2. The first-order valence-corrected chi connectivity index (χ1v) is 12.4. The number of amides is 1. The molecule has 1 saturated heterocycles. The van der Waals surface area contributed by atoms with E-state index in [1.165, 1.54) is 38.4 Å². The highest BCUT2D eigenvalue weighted by Crippen LogP contribution is 2.57. The molecule has 1 aromatic rings. The molecule has 4 aliphatic carbocycles. The number of hydrogen-bond donors (Lipinski definition) is 0. The predicted molar refractivity (Wildman–Crippen MR) is 107 cm³/mol. The molecule has 0 N–H and O–H groups in total. The summed E-state index contributed by atoms with van der Waals surface area (Å²) in [5.41, 5.74) is 0.193. The number of rotatable bonds is 4. The molecule has 5 fully saturated rings. The molecule has 1 aliphatic heterocycles. The van der Waals surface area contributed by atoms with E-state index >= 15 is 0 Å². The Hall–Kier alpha value is -1.40. The van der Waals surface area contributed by atoms with Crippen molar-refractivity contribution in [2.75, 3.05) is 6.26 Å². The third kappa shape index (κ3) is 2.67. The van der Waals surface area contributed by atoms with Crippen LogP contribution in [0.3, 0.4) is 0 Å². The van der Waals surface area contributed by atoms with Crippen molar-refractivity contribution in [3.05, 3.63) is 29.8 Å². The van der Waals surface area contributed by atoms with Gasteiger partial charge in [-0.1, -0.05) is 18.2 Å². The molecule has 5 aliphatic rings. The topological polar surface area (TPSA) is 57.7 Å². The van der Waals surface area contributed by atoms with E-state index in [4.69, 9.17) is 0 Å². The standard InChI is InChI=1S/C22H30N2O3S/c1-22(2)21(25)24(20-17-9-14-8-15(11-17)12-18(20)10-14)23(22)13-16-6-4-5-7-19(16)28(3,26)27/h4-7,14-15,17-18,20H,8-13H2,1-3H3. The molecule has 28 heavy (non-hydrogen) atoms. The van der Waals surface area contributed by atoms with Gasteiger partial charge in [-0.3, -0.25) is 9.80 Å². The average Bonchev–Trinajstić information content (AvgIpc) is 2.62. The largest absolute Gasteiger partial charge is 0.271 e. The van der Waals surface area contributed by atoms with Gasteiger partial charge in [0.1, 0.15) is 5.54 Å².